The third-order valence-electron chi connectivity index (χ3n) is 2.72. The van der Waals surface area contributed by atoms with E-state index in [0.29, 0.717) is 5.56 Å². The quantitative estimate of drug-likeness (QED) is 0.892. The second-order valence-corrected chi connectivity index (χ2v) is 3.86. The van der Waals surface area contributed by atoms with E-state index in [4.69, 9.17) is 9.84 Å². The maximum absolute atomic E-state index is 14.0. The first-order valence-corrected chi connectivity index (χ1v) is 5.43. The van der Waals surface area contributed by atoms with E-state index in [-0.39, 0.29) is 16.9 Å². The number of benzene rings is 2. The first-order valence-electron chi connectivity index (χ1n) is 5.43. The summed E-state index contributed by atoms with van der Waals surface area (Å²) in [5.74, 6) is -2.13. The predicted molar refractivity (Wildman–Crippen MR) is 67.0 cm³/mol. The number of carboxylic acid groups (broad SMARTS) is 1. The molecule has 19 heavy (non-hydrogen) atoms. The molecule has 2 aromatic rings. The molecular formula is C14H11FO4. The van der Waals surface area contributed by atoms with Crippen LogP contribution in [0.2, 0.25) is 0 Å². The number of rotatable bonds is 3. The predicted octanol–water partition coefficient (Wildman–Crippen LogP) is 2.91. The molecule has 2 rings (SSSR count). The minimum atomic E-state index is -1.24. The minimum absolute atomic E-state index is 0.0827. The van der Waals surface area contributed by atoms with Gasteiger partial charge in [-0.3, -0.25) is 0 Å². The lowest BCUT2D eigenvalue weighted by Crippen LogP contribution is -1.97. The Bertz CT molecular complexity index is 637. The molecule has 2 N–H and O–H groups in total. The molecular weight excluding hydrogens is 251 g/mol. The zero-order valence-corrected chi connectivity index (χ0v) is 10.1. The van der Waals surface area contributed by atoms with E-state index in [9.17, 15) is 14.3 Å². The second-order valence-electron chi connectivity index (χ2n) is 3.86. The molecule has 0 saturated carbocycles. The molecule has 5 heteroatoms. The number of aromatic hydroxyl groups is 1. The zero-order valence-electron chi connectivity index (χ0n) is 10.1. The standard InChI is InChI=1S/C14H11FO4/c1-19-12-4-2-3-9(13(12)15)8-5-6-10(14(17)18)11(16)7-8/h2-7,16H,1H3,(H,17,18). The Balaban J connectivity index is 2.54. The number of carbonyl (C=O) groups is 1. The largest absolute Gasteiger partial charge is 0.507 e. The minimum Gasteiger partial charge on any atom is -0.507 e. The molecule has 0 aromatic heterocycles. The zero-order chi connectivity index (χ0) is 14.0. The van der Waals surface area contributed by atoms with E-state index >= 15 is 0 Å². The number of ether oxygens (including phenoxy) is 1. The molecule has 2 aromatic carbocycles. The van der Waals surface area contributed by atoms with Gasteiger partial charge in [-0.1, -0.05) is 18.2 Å². The molecule has 0 fully saturated rings. The third kappa shape index (κ3) is 2.35. The fraction of sp³-hybridized carbons (Fsp3) is 0.0714. The lowest BCUT2D eigenvalue weighted by molar-refractivity contribution is 0.0694. The van der Waals surface area contributed by atoms with Gasteiger partial charge in [0, 0.05) is 5.56 Å². The van der Waals surface area contributed by atoms with Crippen LogP contribution in [0.1, 0.15) is 10.4 Å². The van der Waals surface area contributed by atoms with E-state index in [1.165, 1.54) is 37.4 Å². The highest BCUT2D eigenvalue weighted by Gasteiger charge is 2.14. The summed E-state index contributed by atoms with van der Waals surface area (Å²) in [7, 11) is 1.35. The van der Waals surface area contributed by atoms with Crippen molar-refractivity contribution >= 4 is 5.97 Å². The fourth-order valence-electron chi connectivity index (χ4n) is 1.77. The highest BCUT2D eigenvalue weighted by atomic mass is 19.1. The molecule has 0 radical (unpaired) electrons. The summed E-state index contributed by atoms with van der Waals surface area (Å²) in [5.41, 5.74) is 0.373. The summed E-state index contributed by atoms with van der Waals surface area (Å²) >= 11 is 0. The van der Waals surface area contributed by atoms with Crippen LogP contribution in [0.25, 0.3) is 11.1 Å². The van der Waals surface area contributed by atoms with Gasteiger partial charge in [0.2, 0.25) is 0 Å². The number of hydrogen-bond acceptors (Lipinski definition) is 3. The third-order valence-corrected chi connectivity index (χ3v) is 2.72. The van der Waals surface area contributed by atoms with Gasteiger partial charge in [-0.25, -0.2) is 9.18 Å². The van der Waals surface area contributed by atoms with Crippen molar-refractivity contribution in [3.63, 3.8) is 0 Å². The van der Waals surface area contributed by atoms with Gasteiger partial charge in [-0.2, -0.15) is 0 Å². The van der Waals surface area contributed by atoms with E-state index in [1.54, 1.807) is 6.07 Å². The number of hydrogen-bond donors (Lipinski definition) is 2. The summed E-state index contributed by atoms with van der Waals surface area (Å²) in [6, 6.07) is 8.48. The van der Waals surface area contributed by atoms with Gasteiger partial charge < -0.3 is 14.9 Å². The van der Waals surface area contributed by atoms with Gasteiger partial charge in [0.15, 0.2) is 11.6 Å². The highest BCUT2D eigenvalue weighted by molar-refractivity contribution is 5.91. The Hall–Kier alpha value is -2.56. The molecule has 0 aliphatic heterocycles. The van der Waals surface area contributed by atoms with Crippen LogP contribution in [0.5, 0.6) is 11.5 Å². The number of halogens is 1. The van der Waals surface area contributed by atoms with Gasteiger partial charge in [-0.15, -0.1) is 0 Å². The average molecular weight is 262 g/mol. The summed E-state index contributed by atoms with van der Waals surface area (Å²) in [6.07, 6.45) is 0. The van der Waals surface area contributed by atoms with Crippen LogP contribution < -0.4 is 4.74 Å². The lowest BCUT2D eigenvalue weighted by Gasteiger charge is -2.08. The molecule has 4 nitrogen and oxygen atoms in total. The van der Waals surface area contributed by atoms with Gasteiger partial charge in [0.1, 0.15) is 11.3 Å². The van der Waals surface area contributed by atoms with Crippen molar-refractivity contribution in [3.05, 3.63) is 47.8 Å². The monoisotopic (exact) mass is 262 g/mol. The summed E-state index contributed by atoms with van der Waals surface area (Å²) in [4.78, 5) is 10.8. The highest BCUT2D eigenvalue weighted by Crippen LogP contribution is 2.31. The molecule has 0 spiro atoms. The first kappa shape index (κ1) is 12.9. The van der Waals surface area contributed by atoms with E-state index < -0.39 is 17.5 Å². The van der Waals surface area contributed by atoms with Gasteiger partial charge in [0.25, 0.3) is 0 Å². The summed E-state index contributed by atoms with van der Waals surface area (Å²) in [5, 5.41) is 18.4. The topological polar surface area (TPSA) is 66.8 Å². The number of methoxy groups -OCH3 is 1. The molecule has 98 valence electrons. The molecule has 0 unspecified atom stereocenters. The van der Waals surface area contributed by atoms with Crippen LogP contribution in [-0.4, -0.2) is 23.3 Å². The molecule has 0 aliphatic rings. The Morgan fingerprint density at radius 3 is 2.58 bits per heavy atom. The normalized spacial score (nSPS) is 10.2. The number of carboxylic acids is 1. The van der Waals surface area contributed by atoms with Crippen molar-refractivity contribution in [1.82, 2.24) is 0 Å². The smallest absolute Gasteiger partial charge is 0.339 e. The Labute approximate surface area is 108 Å². The molecule has 0 atom stereocenters. The number of aromatic carboxylic acids is 1. The molecule has 0 bridgehead atoms. The van der Waals surface area contributed by atoms with Gasteiger partial charge >= 0.3 is 5.97 Å². The van der Waals surface area contributed by atoms with E-state index in [2.05, 4.69) is 0 Å². The van der Waals surface area contributed by atoms with Crippen molar-refractivity contribution < 1.29 is 24.1 Å². The molecule has 0 heterocycles. The summed E-state index contributed by atoms with van der Waals surface area (Å²) in [6.45, 7) is 0. The van der Waals surface area contributed by atoms with Crippen LogP contribution in [0.15, 0.2) is 36.4 Å². The Morgan fingerprint density at radius 1 is 1.26 bits per heavy atom. The maximum atomic E-state index is 14.0. The van der Waals surface area contributed by atoms with Crippen molar-refractivity contribution in [1.29, 1.82) is 0 Å². The summed E-state index contributed by atoms with van der Waals surface area (Å²) < 4.78 is 18.9. The van der Waals surface area contributed by atoms with E-state index in [0.717, 1.165) is 0 Å². The van der Waals surface area contributed by atoms with Crippen molar-refractivity contribution in [2.75, 3.05) is 7.11 Å². The SMILES string of the molecule is COc1cccc(-c2ccc(C(=O)O)c(O)c2)c1F. The van der Waals surface area contributed by atoms with Crippen molar-refractivity contribution in [2.24, 2.45) is 0 Å². The van der Waals surface area contributed by atoms with Crippen LogP contribution in [0.3, 0.4) is 0 Å². The lowest BCUT2D eigenvalue weighted by atomic mass is 10.0. The maximum Gasteiger partial charge on any atom is 0.339 e. The van der Waals surface area contributed by atoms with E-state index in [1.807, 2.05) is 0 Å². The van der Waals surface area contributed by atoms with Crippen molar-refractivity contribution in [3.8, 4) is 22.6 Å². The van der Waals surface area contributed by atoms with Crippen molar-refractivity contribution in [2.45, 2.75) is 0 Å². The van der Waals surface area contributed by atoms with Gasteiger partial charge in [-0.05, 0) is 23.8 Å². The fourth-order valence-corrected chi connectivity index (χ4v) is 1.77. The molecule has 0 aliphatic carbocycles. The van der Waals surface area contributed by atoms with Crippen LogP contribution in [0, 0.1) is 5.82 Å². The Kier molecular flexibility index (Phi) is 3.37. The molecule has 0 amide bonds. The average Bonchev–Trinajstić information content (AvgIpc) is 2.38. The number of phenols is 1. The Morgan fingerprint density at radius 2 is 2.00 bits per heavy atom. The van der Waals surface area contributed by atoms with Crippen LogP contribution >= 0.6 is 0 Å². The second kappa shape index (κ2) is 4.97. The molecule has 0 saturated heterocycles. The van der Waals surface area contributed by atoms with Gasteiger partial charge in [0.05, 0.1) is 7.11 Å². The van der Waals surface area contributed by atoms with Crippen LogP contribution in [-0.2, 0) is 0 Å². The first-order chi connectivity index (χ1) is 9.04. The van der Waals surface area contributed by atoms with Crippen LogP contribution in [0.4, 0.5) is 4.39 Å².